The molecule has 2 rings (SSSR count). The van der Waals surface area contributed by atoms with Crippen LogP contribution >= 0.6 is 0 Å². The molecule has 2 aromatic rings. The summed E-state index contributed by atoms with van der Waals surface area (Å²) < 4.78 is 6.41. The second-order valence-electron chi connectivity index (χ2n) is 3.14. The van der Waals surface area contributed by atoms with Crippen LogP contribution in [0.3, 0.4) is 0 Å². The van der Waals surface area contributed by atoms with E-state index in [1.54, 1.807) is 30.9 Å². The van der Waals surface area contributed by atoms with Gasteiger partial charge in [0.15, 0.2) is 0 Å². The predicted octanol–water partition coefficient (Wildman–Crippen LogP) is 1.08. The van der Waals surface area contributed by atoms with Gasteiger partial charge in [0, 0.05) is 13.2 Å². The largest absolute Gasteiger partial charge is 0.477 e. The molecule has 0 unspecified atom stereocenters. The molecule has 2 aromatic heterocycles. The third-order valence-corrected chi connectivity index (χ3v) is 2.03. The lowest BCUT2D eigenvalue weighted by molar-refractivity contribution is 0.0695. The van der Waals surface area contributed by atoms with Crippen molar-refractivity contribution in [2.75, 3.05) is 0 Å². The number of aromatic carboxylic acids is 1. The van der Waals surface area contributed by atoms with Gasteiger partial charge in [-0.05, 0) is 13.0 Å². The number of aryl methyl sites for hydroxylation is 2. The zero-order valence-electron chi connectivity index (χ0n) is 8.26. The summed E-state index contributed by atoms with van der Waals surface area (Å²) in [4.78, 5) is 10.9. The van der Waals surface area contributed by atoms with Gasteiger partial charge in [-0.25, -0.2) is 4.79 Å². The fraction of sp³-hybridized carbons (Fsp3) is 0.222. The summed E-state index contributed by atoms with van der Waals surface area (Å²) in [7, 11) is 1.75. The highest BCUT2D eigenvalue weighted by Gasteiger charge is 2.22. The molecular formula is C9H9N3O3. The van der Waals surface area contributed by atoms with Crippen LogP contribution < -0.4 is 0 Å². The molecule has 6 heteroatoms. The normalized spacial score (nSPS) is 10.5. The molecule has 6 nitrogen and oxygen atoms in total. The third-order valence-electron chi connectivity index (χ3n) is 2.03. The van der Waals surface area contributed by atoms with Crippen molar-refractivity contribution < 1.29 is 14.4 Å². The fourth-order valence-corrected chi connectivity index (χ4v) is 1.34. The van der Waals surface area contributed by atoms with E-state index in [0.717, 1.165) is 0 Å². The lowest BCUT2D eigenvalue weighted by Gasteiger charge is -1.92. The Labute approximate surface area is 85.1 Å². The van der Waals surface area contributed by atoms with Gasteiger partial charge in [-0.3, -0.25) is 4.68 Å². The van der Waals surface area contributed by atoms with Crippen LogP contribution in [0.5, 0.6) is 0 Å². The summed E-state index contributed by atoms with van der Waals surface area (Å²) in [6.45, 7) is 1.56. The van der Waals surface area contributed by atoms with Gasteiger partial charge in [0.2, 0.25) is 0 Å². The first-order valence-electron chi connectivity index (χ1n) is 4.29. The van der Waals surface area contributed by atoms with Crippen molar-refractivity contribution in [3.05, 3.63) is 23.6 Å². The lowest BCUT2D eigenvalue weighted by atomic mass is 10.1. The monoisotopic (exact) mass is 207 g/mol. The Morgan fingerprint density at radius 3 is 2.87 bits per heavy atom. The molecule has 0 aliphatic rings. The van der Waals surface area contributed by atoms with Crippen LogP contribution in [0, 0.1) is 6.92 Å². The number of aromatic nitrogens is 3. The first-order valence-corrected chi connectivity index (χ1v) is 4.29. The summed E-state index contributed by atoms with van der Waals surface area (Å²) in [5, 5.41) is 16.7. The van der Waals surface area contributed by atoms with E-state index in [1.165, 1.54) is 0 Å². The number of hydrogen-bond donors (Lipinski definition) is 1. The van der Waals surface area contributed by atoms with Gasteiger partial charge in [0.25, 0.3) is 0 Å². The third kappa shape index (κ3) is 1.50. The van der Waals surface area contributed by atoms with Crippen molar-refractivity contribution in [2.24, 2.45) is 7.05 Å². The quantitative estimate of drug-likeness (QED) is 0.796. The van der Waals surface area contributed by atoms with Gasteiger partial charge >= 0.3 is 5.97 Å². The minimum absolute atomic E-state index is 0.0636. The van der Waals surface area contributed by atoms with Crippen molar-refractivity contribution in [3.63, 3.8) is 0 Å². The fourth-order valence-electron chi connectivity index (χ4n) is 1.34. The average Bonchev–Trinajstić information content (AvgIpc) is 2.71. The molecule has 0 fully saturated rings. The number of nitrogens with zero attached hydrogens (tertiary/aromatic N) is 3. The molecule has 0 bridgehead atoms. The average molecular weight is 207 g/mol. The Morgan fingerprint density at radius 1 is 1.60 bits per heavy atom. The summed E-state index contributed by atoms with van der Waals surface area (Å²) in [5.41, 5.74) is 0.820. The maximum atomic E-state index is 10.9. The van der Waals surface area contributed by atoms with Crippen molar-refractivity contribution in [3.8, 4) is 11.4 Å². The van der Waals surface area contributed by atoms with Crippen LogP contribution in [0.4, 0.5) is 0 Å². The smallest absolute Gasteiger partial charge is 0.341 e. The van der Waals surface area contributed by atoms with E-state index in [0.29, 0.717) is 5.69 Å². The molecule has 0 amide bonds. The summed E-state index contributed by atoms with van der Waals surface area (Å²) in [6.07, 6.45) is 1.71. The molecule has 0 radical (unpaired) electrons. The van der Waals surface area contributed by atoms with Crippen LogP contribution in [0.15, 0.2) is 16.8 Å². The van der Waals surface area contributed by atoms with E-state index in [1.807, 2.05) is 0 Å². The zero-order valence-corrected chi connectivity index (χ0v) is 8.26. The molecule has 78 valence electrons. The Bertz CT molecular complexity index is 512. The van der Waals surface area contributed by atoms with Gasteiger partial charge in [-0.1, -0.05) is 5.16 Å². The maximum Gasteiger partial charge on any atom is 0.341 e. The van der Waals surface area contributed by atoms with Gasteiger partial charge in [-0.2, -0.15) is 5.10 Å². The molecule has 0 saturated carbocycles. The number of carboxylic acids is 1. The Kier molecular flexibility index (Phi) is 2.03. The summed E-state index contributed by atoms with van der Waals surface area (Å²) in [6, 6.07) is 1.68. The van der Waals surface area contributed by atoms with Crippen LogP contribution in [0.25, 0.3) is 11.4 Å². The van der Waals surface area contributed by atoms with E-state index in [-0.39, 0.29) is 17.0 Å². The lowest BCUT2D eigenvalue weighted by Crippen LogP contribution is -1.99. The van der Waals surface area contributed by atoms with Crippen LogP contribution in [0.1, 0.15) is 16.1 Å². The first kappa shape index (κ1) is 9.45. The second kappa shape index (κ2) is 3.23. The van der Waals surface area contributed by atoms with E-state index < -0.39 is 5.97 Å². The summed E-state index contributed by atoms with van der Waals surface area (Å²) >= 11 is 0. The van der Waals surface area contributed by atoms with Crippen LogP contribution in [-0.4, -0.2) is 26.0 Å². The van der Waals surface area contributed by atoms with Gasteiger partial charge < -0.3 is 9.63 Å². The van der Waals surface area contributed by atoms with E-state index in [2.05, 4.69) is 10.3 Å². The highest BCUT2D eigenvalue weighted by atomic mass is 16.5. The molecule has 0 spiro atoms. The highest BCUT2D eigenvalue weighted by Crippen LogP contribution is 2.23. The predicted molar refractivity (Wildman–Crippen MR) is 50.4 cm³/mol. The Morgan fingerprint density at radius 2 is 2.33 bits per heavy atom. The topological polar surface area (TPSA) is 81.2 Å². The zero-order chi connectivity index (χ0) is 11.0. The van der Waals surface area contributed by atoms with Crippen molar-refractivity contribution in [1.29, 1.82) is 0 Å². The molecule has 2 heterocycles. The SMILES string of the molecule is Cc1onc(-c2ccn(C)n2)c1C(=O)O. The number of carboxylic acid groups (broad SMARTS) is 1. The standard InChI is InChI=1S/C9H9N3O3/c1-5-7(9(13)14)8(11-15-5)6-3-4-12(2)10-6/h3-4H,1-2H3,(H,13,14). The van der Waals surface area contributed by atoms with E-state index >= 15 is 0 Å². The number of hydrogen-bond acceptors (Lipinski definition) is 4. The Hall–Kier alpha value is -2.11. The van der Waals surface area contributed by atoms with Crippen LogP contribution in [-0.2, 0) is 7.05 Å². The van der Waals surface area contributed by atoms with E-state index in [4.69, 9.17) is 9.63 Å². The highest BCUT2D eigenvalue weighted by molar-refractivity contribution is 5.95. The van der Waals surface area contributed by atoms with Gasteiger partial charge in [-0.15, -0.1) is 0 Å². The molecule has 0 atom stereocenters. The maximum absolute atomic E-state index is 10.9. The minimum atomic E-state index is -1.06. The summed E-state index contributed by atoms with van der Waals surface area (Å²) in [5.74, 6) is -0.780. The van der Waals surface area contributed by atoms with Crippen molar-refractivity contribution in [1.82, 2.24) is 14.9 Å². The first-order chi connectivity index (χ1) is 7.09. The molecule has 0 aliphatic carbocycles. The van der Waals surface area contributed by atoms with Gasteiger partial charge in [0.1, 0.15) is 22.7 Å². The number of rotatable bonds is 2. The van der Waals surface area contributed by atoms with Gasteiger partial charge in [0.05, 0.1) is 0 Å². The molecule has 0 saturated heterocycles. The minimum Gasteiger partial charge on any atom is -0.477 e. The molecular weight excluding hydrogens is 198 g/mol. The molecule has 0 aliphatic heterocycles. The Balaban J connectivity index is 2.58. The molecule has 15 heavy (non-hydrogen) atoms. The number of carbonyl (C=O) groups is 1. The van der Waals surface area contributed by atoms with E-state index in [9.17, 15) is 4.79 Å². The van der Waals surface area contributed by atoms with Crippen molar-refractivity contribution in [2.45, 2.75) is 6.92 Å². The van der Waals surface area contributed by atoms with Crippen molar-refractivity contribution >= 4 is 5.97 Å². The van der Waals surface area contributed by atoms with Crippen LogP contribution in [0.2, 0.25) is 0 Å². The molecule has 0 aromatic carbocycles. The molecule has 1 N–H and O–H groups in total. The second-order valence-corrected chi connectivity index (χ2v) is 3.14.